The summed E-state index contributed by atoms with van der Waals surface area (Å²) in [7, 11) is -4.49. The fraction of sp³-hybridized carbons (Fsp3) is 0.393. The van der Waals surface area contributed by atoms with E-state index in [0.717, 1.165) is 15.9 Å². The molecule has 3 N–H and O–H groups in total. The number of hydrogen-bond acceptors (Lipinski definition) is 7. The summed E-state index contributed by atoms with van der Waals surface area (Å²) in [5.41, 5.74) is 1.17. The van der Waals surface area contributed by atoms with E-state index in [9.17, 15) is 31.6 Å². The summed E-state index contributed by atoms with van der Waals surface area (Å²) < 4.78 is 57.2. The van der Waals surface area contributed by atoms with Crippen molar-refractivity contribution in [1.82, 2.24) is 35.2 Å². The summed E-state index contributed by atoms with van der Waals surface area (Å²) >= 11 is 0. The molecule has 0 radical (unpaired) electrons. The van der Waals surface area contributed by atoms with E-state index in [1.54, 1.807) is 13.8 Å². The van der Waals surface area contributed by atoms with E-state index < -0.39 is 74.4 Å². The van der Waals surface area contributed by atoms with Gasteiger partial charge in [-0.2, -0.15) is 4.31 Å². The fourth-order valence-electron chi connectivity index (χ4n) is 5.23. The van der Waals surface area contributed by atoms with Gasteiger partial charge in [-0.05, 0) is 36.1 Å². The molecule has 3 aromatic rings. The molecule has 12 nitrogen and oxygen atoms in total. The first kappa shape index (κ1) is 30.2. The second-order valence-electron chi connectivity index (χ2n) is 10.9. The Morgan fingerprint density at radius 2 is 1.72 bits per heavy atom. The Morgan fingerprint density at radius 3 is 2.42 bits per heavy atom. The number of sulfonamides is 1. The Labute approximate surface area is 246 Å². The lowest BCUT2D eigenvalue weighted by atomic mass is 10.0. The van der Waals surface area contributed by atoms with Crippen molar-refractivity contribution in [3.63, 3.8) is 0 Å². The topological polar surface area (TPSA) is 155 Å². The minimum absolute atomic E-state index is 0.0161. The van der Waals surface area contributed by atoms with Gasteiger partial charge in [-0.25, -0.2) is 21.9 Å². The minimum Gasteiger partial charge on any atom is -0.349 e. The molecular weight excluding hydrogens is 584 g/mol. The maximum absolute atomic E-state index is 14.0. The zero-order valence-corrected chi connectivity index (χ0v) is 24.2. The monoisotopic (exact) mass is 615 g/mol. The molecule has 43 heavy (non-hydrogen) atoms. The third kappa shape index (κ3) is 6.41. The molecule has 2 aliphatic heterocycles. The molecule has 4 atom stereocenters. The standard InChI is InChI=1S/C28H31F2N7O5S/c1-16(2)25-28(40)32-23(10-17-6-4-3-5-7-17)26(38)31-13-18-14-36(35-34-18)19-11-24(27(39)33-25)37(15-19)43(41,42)20-8-9-21(29)22(30)12-20/h3-9,12,14,16,19,23-25H,10-11,13,15H2,1-2H3,(H,31,38)(H,32,40)(H,33,39)/t19-,23+,24-,25-/m0/s1. The van der Waals surface area contributed by atoms with Crippen molar-refractivity contribution in [3.8, 4) is 0 Å². The van der Waals surface area contributed by atoms with Gasteiger partial charge in [0.25, 0.3) is 0 Å². The highest BCUT2D eigenvalue weighted by molar-refractivity contribution is 7.89. The number of halogens is 2. The summed E-state index contributed by atoms with van der Waals surface area (Å²) in [6.07, 6.45) is 1.68. The first-order chi connectivity index (χ1) is 20.4. The number of nitrogens with zero attached hydrogens (tertiary/aromatic N) is 4. The van der Waals surface area contributed by atoms with Crippen LogP contribution in [0, 0.1) is 17.6 Å². The SMILES string of the molecule is CC(C)[C@@H]1NC(=O)[C@@H]2C[C@@H](CN2S(=O)(=O)c2ccc(F)c(F)c2)n2cc(nn2)CNC(=O)[C@@H](Cc2ccccc2)NC1=O. The molecule has 0 saturated carbocycles. The predicted molar refractivity (Wildman–Crippen MR) is 148 cm³/mol. The molecular formula is C28H31F2N7O5S. The number of carbonyl (C=O) groups is 3. The minimum atomic E-state index is -4.49. The molecule has 3 heterocycles. The molecule has 0 aliphatic carbocycles. The largest absolute Gasteiger partial charge is 0.349 e. The molecule has 1 fully saturated rings. The zero-order chi connectivity index (χ0) is 30.9. The van der Waals surface area contributed by atoms with Crippen molar-refractivity contribution in [1.29, 1.82) is 0 Å². The molecule has 2 aliphatic rings. The molecule has 0 unspecified atom stereocenters. The van der Waals surface area contributed by atoms with Crippen LogP contribution in [0.5, 0.6) is 0 Å². The summed E-state index contributed by atoms with van der Waals surface area (Å²) in [4.78, 5) is 39.9. The van der Waals surface area contributed by atoms with Crippen molar-refractivity contribution in [2.24, 2.45) is 5.92 Å². The Morgan fingerprint density at radius 1 is 0.977 bits per heavy atom. The van der Waals surface area contributed by atoms with Crippen molar-refractivity contribution < 1.29 is 31.6 Å². The number of rotatable bonds is 5. The van der Waals surface area contributed by atoms with E-state index in [0.29, 0.717) is 17.8 Å². The summed E-state index contributed by atoms with van der Waals surface area (Å²) in [5, 5.41) is 16.4. The van der Waals surface area contributed by atoms with Crippen LogP contribution in [0.4, 0.5) is 8.78 Å². The first-order valence-electron chi connectivity index (χ1n) is 13.7. The Balaban J connectivity index is 1.51. The normalized spacial score (nSPS) is 23.7. The van der Waals surface area contributed by atoms with Crippen LogP contribution < -0.4 is 16.0 Å². The second kappa shape index (κ2) is 12.2. The number of aromatic nitrogens is 3. The lowest BCUT2D eigenvalue weighted by molar-refractivity contribution is -0.133. The van der Waals surface area contributed by atoms with Crippen LogP contribution in [0.15, 0.2) is 59.6 Å². The number of fused-ring (bicyclic) bond motifs is 5. The molecule has 1 saturated heterocycles. The van der Waals surface area contributed by atoms with Crippen LogP contribution in [-0.4, -0.2) is 70.1 Å². The van der Waals surface area contributed by atoms with Gasteiger partial charge < -0.3 is 16.0 Å². The number of carbonyl (C=O) groups excluding carboxylic acids is 3. The predicted octanol–water partition coefficient (Wildman–Crippen LogP) is 1.06. The summed E-state index contributed by atoms with van der Waals surface area (Å²) in [5.74, 6) is -4.85. The smallest absolute Gasteiger partial charge is 0.243 e. The Kier molecular flexibility index (Phi) is 8.55. The van der Waals surface area contributed by atoms with Crippen molar-refractivity contribution in [3.05, 3.63) is 77.6 Å². The van der Waals surface area contributed by atoms with Crippen LogP contribution in [0.25, 0.3) is 0 Å². The quantitative estimate of drug-likeness (QED) is 0.388. The van der Waals surface area contributed by atoms with E-state index in [1.165, 1.54) is 10.9 Å². The highest BCUT2D eigenvalue weighted by atomic mass is 32.2. The van der Waals surface area contributed by atoms with E-state index in [2.05, 4.69) is 26.3 Å². The third-order valence-electron chi connectivity index (χ3n) is 7.57. The van der Waals surface area contributed by atoms with E-state index in [-0.39, 0.29) is 25.9 Å². The molecule has 0 spiro atoms. The van der Waals surface area contributed by atoms with Crippen molar-refractivity contribution in [2.75, 3.05) is 6.54 Å². The van der Waals surface area contributed by atoms with Crippen LogP contribution in [0.1, 0.15) is 37.6 Å². The summed E-state index contributed by atoms with van der Waals surface area (Å²) in [6.45, 7) is 3.16. The number of amides is 3. The first-order valence-corrected chi connectivity index (χ1v) is 15.2. The lowest BCUT2D eigenvalue weighted by Crippen LogP contribution is -2.58. The summed E-state index contributed by atoms with van der Waals surface area (Å²) in [6, 6.07) is 7.21. The lowest BCUT2D eigenvalue weighted by Gasteiger charge is -2.28. The molecule has 3 amide bonds. The molecule has 5 rings (SSSR count). The van der Waals surface area contributed by atoms with Gasteiger partial charge in [0.2, 0.25) is 27.7 Å². The van der Waals surface area contributed by atoms with Gasteiger partial charge >= 0.3 is 0 Å². The molecule has 228 valence electrons. The average Bonchev–Trinajstić information content (AvgIpc) is 3.63. The maximum Gasteiger partial charge on any atom is 0.243 e. The van der Waals surface area contributed by atoms with Gasteiger partial charge in [0.15, 0.2) is 11.6 Å². The van der Waals surface area contributed by atoms with Crippen LogP contribution in [0.2, 0.25) is 0 Å². The number of nitrogens with one attached hydrogen (secondary N) is 3. The van der Waals surface area contributed by atoms with Gasteiger partial charge in [0.1, 0.15) is 23.8 Å². The van der Waals surface area contributed by atoms with Crippen LogP contribution in [-0.2, 0) is 37.4 Å². The van der Waals surface area contributed by atoms with Crippen LogP contribution >= 0.6 is 0 Å². The number of benzene rings is 2. The van der Waals surface area contributed by atoms with E-state index in [1.807, 2.05) is 30.3 Å². The van der Waals surface area contributed by atoms with Gasteiger partial charge in [0, 0.05) is 13.0 Å². The molecule has 15 heteroatoms. The Hall–Kier alpha value is -4.24. The molecule has 4 bridgehead atoms. The fourth-order valence-corrected chi connectivity index (χ4v) is 6.88. The zero-order valence-electron chi connectivity index (χ0n) is 23.4. The van der Waals surface area contributed by atoms with Crippen molar-refractivity contribution >= 4 is 27.7 Å². The third-order valence-corrected chi connectivity index (χ3v) is 9.44. The average molecular weight is 616 g/mol. The number of hydrogen-bond donors (Lipinski definition) is 3. The van der Waals surface area contributed by atoms with E-state index in [4.69, 9.17) is 0 Å². The molecule has 2 aromatic carbocycles. The molecule has 1 aromatic heterocycles. The van der Waals surface area contributed by atoms with Gasteiger partial charge in [-0.1, -0.05) is 49.4 Å². The van der Waals surface area contributed by atoms with Gasteiger partial charge in [0.05, 0.1) is 23.7 Å². The maximum atomic E-state index is 14.0. The second-order valence-corrected chi connectivity index (χ2v) is 12.8. The van der Waals surface area contributed by atoms with Gasteiger partial charge in [-0.3, -0.25) is 14.4 Å². The van der Waals surface area contributed by atoms with Gasteiger partial charge in [-0.15, -0.1) is 5.10 Å². The highest BCUT2D eigenvalue weighted by Crippen LogP contribution is 2.33. The van der Waals surface area contributed by atoms with Crippen molar-refractivity contribution in [2.45, 2.75) is 62.3 Å². The Bertz CT molecular complexity index is 1630. The van der Waals surface area contributed by atoms with Crippen LogP contribution in [0.3, 0.4) is 0 Å². The van der Waals surface area contributed by atoms with E-state index >= 15 is 0 Å². The highest BCUT2D eigenvalue weighted by Gasteiger charge is 2.46.